The highest BCUT2D eigenvalue weighted by Gasteiger charge is 2.20. The Morgan fingerprint density at radius 3 is 2.65 bits per heavy atom. The Hall–Kier alpha value is -3.46. The molecule has 0 atom stereocenters. The number of methoxy groups -OCH3 is 1. The van der Waals surface area contributed by atoms with Crippen molar-refractivity contribution in [1.29, 1.82) is 0 Å². The standard InChI is InChI=1S/C22H16BrClFN5O5S2/c1-34-18-4-2-3-15(25)19(18)35-17-6-5-12(9-16(17)28-21(31)29-22-26-7-8-36-22)30-37(32,33)13-10-14(23)20(24)27-11-13/h2-11,30H,1H3,(H2,26,28,29,31). The Labute approximate surface area is 228 Å². The van der Waals surface area contributed by atoms with Crippen LogP contribution in [-0.2, 0) is 10.0 Å². The Morgan fingerprint density at radius 1 is 1.14 bits per heavy atom. The SMILES string of the molecule is COc1cccc(F)c1Oc1ccc(NS(=O)(=O)c2cnc(Cl)c(Br)c2)cc1NC(=O)Nc1nccs1. The number of para-hydroxylation sites is 1. The van der Waals surface area contributed by atoms with Gasteiger partial charge in [0.1, 0.15) is 10.0 Å². The third-order valence-corrected chi connectivity index (χ3v) is 7.75. The molecular weight excluding hydrogens is 613 g/mol. The highest BCUT2D eigenvalue weighted by atomic mass is 79.9. The van der Waals surface area contributed by atoms with E-state index in [9.17, 15) is 17.6 Å². The van der Waals surface area contributed by atoms with Gasteiger partial charge in [-0.05, 0) is 52.3 Å². The molecule has 0 saturated carbocycles. The average molecular weight is 629 g/mol. The Bertz CT molecular complexity index is 1560. The number of nitrogens with one attached hydrogen (secondary N) is 3. The molecule has 2 aromatic carbocycles. The summed E-state index contributed by atoms with van der Waals surface area (Å²) in [4.78, 5) is 20.2. The number of rotatable bonds is 8. The number of hydrogen-bond acceptors (Lipinski definition) is 8. The van der Waals surface area contributed by atoms with Crippen molar-refractivity contribution in [2.24, 2.45) is 0 Å². The van der Waals surface area contributed by atoms with Crippen LogP contribution >= 0.6 is 38.9 Å². The van der Waals surface area contributed by atoms with E-state index in [0.717, 1.165) is 6.20 Å². The summed E-state index contributed by atoms with van der Waals surface area (Å²) in [7, 11) is -2.74. The molecule has 0 aliphatic heterocycles. The second-order valence-electron chi connectivity index (χ2n) is 7.05. The number of aromatic nitrogens is 2. The van der Waals surface area contributed by atoms with Gasteiger partial charge < -0.3 is 14.8 Å². The predicted molar refractivity (Wildman–Crippen MR) is 142 cm³/mol. The number of hydrogen-bond donors (Lipinski definition) is 3. The maximum Gasteiger partial charge on any atom is 0.325 e. The first-order chi connectivity index (χ1) is 17.7. The van der Waals surface area contributed by atoms with E-state index in [0.29, 0.717) is 9.60 Å². The van der Waals surface area contributed by atoms with E-state index in [4.69, 9.17) is 21.1 Å². The molecule has 0 unspecified atom stereocenters. The first-order valence-electron chi connectivity index (χ1n) is 10.1. The maximum absolute atomic E-state index is 14.5. The lowest BCUT2D eigenvalue weighted by molar-refractivity contribution is 0.262. The van der Waals surface area contributed by atoms with Crippen LogP contribution in [0.2, 0.25) is 5.15 Å². The number of ether oxygens (including phenoxy) is 2. The molecule has 10 nitrogen and oxygen atoms in total. The first kappa shape index (κ1) is 26.6. The molecule has 2 heterocycles. The number of carbonyl (C=O) groups excluding carboxylic acids is 1. The van der Waals surface area contributed by atoms with Crippen molar-refractivity contribution < 1.29 is 27.1 Å². The van der Waals surface area contributed by atoms with Crippen LogP contribution < -0.4 is 24.8 Å². The molecule has 0 spiro atoms. The van der Waals surface area contributed by atoms with E-state index >= 15 is 0 Å². The monoisotopic (exact) mass is 627 g/mol. The molecule has 2 amide bonds. The smallest absolute Gasteiger partial charge is 0.325 e. The van der Waals surface area contributed by atoms with Crippen molar-refractivity contribution in [3.63, 3.8) is 0 Å². The van der Waals surface area contributed by atoms with Gasteiger partial charge in [-0.3, -0.25) is 10.0 Å². The predicted octanol–water partition coefficient (Wildman–Crippen LogP) is 6.34. The van der Waals surface area contributed by atoms with Crippen LogP contribution in [0.25, 0.3) is 0 Å². The highest BCUT2D eigenvalue weighted by molar-refractivity contribution is 9.10. The lowest BCUT2D eigenvalue weighted by Crippen LogP contribution is -2.20. The molecule has 0 fully saturated rings. The number of nitrogens with zero attached hydrogens (tertiary/aromatic N) is 2. The lowest BCUT2D eigenvalue weighted by atomic mass is 10.2. The van der Waals surface area contributed by atoms with Crippen molar-refractivity contribution in [2.45, 2.75) is 4.90 Å². The number of urea groups is 1. The van der Waals surface area contributed by atoms with Gasteiger partial charge in [0, 0.05) is 17.8 Å². The molecule has 2 aromatic heterocycles. The number of benzene rings is 2. The first-order valence-corrected chi connectivity index (χ1v) is 13.7. The molecule has 4 aromatic rings. The van der Waals surface area contributed by atoms with Crippen LogP contribution in [0, 0.1) is 5.82 Å². The summed E-state index contributed by atoms with van der Waals surface area (Å²) < 4.78 is 53.9. The molecular formula is C22H16BrClFN5O5S2. The minimum atomic E-state index is -4.09. The summed E-state index contributed by atoms with van der Waals surface area (Å²) in [6.45, 7) is 0. The van der Waals surface area contributed by atoms with Crippen LogP contribution in [-0.4, -0.2) is 31.5 Å². The summed E-state index contributed by atoms with van der Waals surface area (Å²) in [5.41, 5.74) is 0.0958. The van der Waals surface area contributed by atoms with Crippen LogP contribution in [0.4, 0.5) is 25.7 Å². The maximum atomic E-state index is 14.5. The molecule has 4 rings (SSSR count). The third kappa shape index (κ3) is 6.46. The summed E-state index contributed by atoms with van der Waals surface area (Å²) in [6, 6.07) is 8.78. The average Bonchev–Trinajstić information content (AvgIpc) is 3.36. The van der Waals surface area contributed by atoms with Crippen molar-refractivity contribution in [3.05, 3.63) is 75.7 Å². The molecule has 192 valence electrons. The molecule has 0 radical (unpaired) electrons. The molecule has 0 saturated heterocycles. The Balaban J connectivity index is 1.67. The van der Waals surface area contributed by atoms with Gasteiger partial charge in [0.15, 0.2) is 22.4 Å². The normalized spacial score (nSPS) is 11.0. The zero-order chi connectivity index (χ0) is 26.6. The van der Waals surface area contributed by atoms with Crippen LogP contribution in [0.5, 0.6) is 17.2 Å². The van der Waals surface area contributed by atoms with Gasteiger partial charge in [-0.25, -0.2) is 27.6 Å². The third-order valence-electron chi connectivity index (χ3n) is 4.58. The summed E-state index contributed by atoms with van der Waals surface area (Å²) in [6.07, 6.45) is 2.61. The van der Waals surface area contributed by atoms with E-state index in [1.54, 1.807) is 5.38 Å². The van der Waals surface area contributed by atoms with Crippen LogP contribution in [0.15, 0.2) is 69.6 Å². The van der Waals surface area contributed by atoms with Crippen LogP contribution in [0.3, 0.4) is 0 Å². The zero-order valence-corrected chi connectivity index (χ0v) is 22.6. The van der Waals surface area contributed by atoms with E-state index in [-0.39, 0.29) is 38.7 Å². The van der Waals surface area contributed by atoms with Crippen molar-refractivity contribution in [1.82, 2.24) is 9.97 Å². The van der Waals surface area contributed by atoms with Gasteiger partial charge in [0.05, 0.1) is 23.0 Å². The van der Waals surface area contributed by atoms with Crippen molar-refractivity contribution in [3.8, 4) is 17.2 Å². The molecule has 3 N–H and O–H groups in total. The fourth-order valence-electron chi connectivity index (χ4n) is 2.94. The lowest BCUT2D eigenvalue weighted by Gasteiger charge is -2.16. The topological polar surface area (TPSA) is 132 Å². The number of carbonyl (C=O) groups is 1. The van der Waals surface area contributed by atoms with E-state index in [1.165, 1.54) is 67.1 Å². The van der Waals surface area contributed by atoms with Gasteiger partial charge in [-0.1, -0.05) is 17.7 Å². The largest absolute Gasteiger partial charge is 0.493 e. The number of amides is 2. The number of thiazole rings is 1. The van der Waals surface area contributed by atoms with E-state index < -0.39 is 21.9 Å². The Kier molecular flexibility index (Phi) is 8.12. The van der Waals surface area contributed by atoms with Crippen molar-refractivity contribution in [2.75, 3.05) is 22.5 Å². The van der Waals surface area contributed by atoms with Gasteiger partial charge >= 0.3 is 6.03 Å². The fraction of sp³-hybridized carbons (Fsp3) is 0.0455. The summed E-state index contributed by atoms with van der Waals surface area (Å²) in [5.74, 6) is -0.803. The minimum absolute atomic E-state index is 0.0107. The fourth-order valence-corrected chi connectivity index (χ4v) is 5.09. The quantitative estimate of drug-likeness (QED) is 0.194. The van der Waals surface area contributed by atoms with Gasteiger partial charge in [-0.2, -0.15) is 0 Å². The van der Waals surface area contributed by atoms with Gasteiger partial charge in [0.25, 0.3) is 10.0 Å². The zero-order valence-electron chi connectivity index (χ0n) is 18.7. The van der Waals surface area contributed by atoms with Gasteiger partial charge in [0.2, 0.25) is 5.75 Å². The second kappa shape index (κ2) is 11.3. The molecule has 0 aliphatic carbocycles. The number of anilines is 3. The molecule has 0 bridgehead atoms. The minimum Gasteiger partial charge on any atom is -0.493 e. The second-order valence-corrected chi connectivity index (χ2v) is 10.8. The summed E-state index contributed by atoms with van der Waals surface area (Å²) >= 11 is 10.2. The highest BCUT2D eigenvalue weighted by Crippen LogP contribution is 2.38. The molecule has 15 heteroatoms. The van der Waals surface area contributed by atoms with Crippen LogP contribution in [0.1, 0.15) is 0 Å². The van der Waals surface area contributed by atoms with E-state index in [1.807, 2.05) is 0 Å². The molecule has 0 aliphatic rings. The number of halogens is 3. The van der Waals surface area contributed by atoms with Gasteiger partial charge in [-0.15, -0.1) is 11.3 Å². The Morgan fingerprint density at radius 2 is 1.95 bits per heavy atom. The van der Waals surface area contributed by atoms with Crippen molar-refractivity contribution >= 4 is 71.4 Å². The summed E-state index contributed by atoms with van der Waals surface area (Å²) in [5, 5.41) is 7.20. The molecule has 37 heavy (non-hydrogen) atoms. The number of sulfonamides is 1. The van der Waals surface area contributed by atoms with E-state index in [2.05, 4.69) is 41.3 Å². The number of pyridine rings is 1.